The molecule has 0 rings (SSSR count). The Labute approximate surface area is 75.3 Å². The lowest BCUT2D eigenvalue weighted by Crippen LogP contribution is -2.26. The number of hydrogen-bond acceptors (Lipinski definition) is 3. The number of ether oxygens (including phenoxy) is 1. The SMILES string of the molecule is CC(C)[C@H](C)OCN(C)CS. The van der Waals surface area contributed by atoms with Gasteiger partial charge in [-0.05, 0) is 19.9 Å². The first-order chi connectivity index (χ1) is 5.07. The molecule has 0 saturated carbocycles. The summed E-state index contributed by atoms with van der Waals surface area (Å²) in [5.74, 6) is 1.33. The number of rotatable bonds is 5. The molecule has 0 aromatic carbocycles. The van der Waals surface area contributed by atoms with Crippen LogP contribution in [0.4, 0.5) is 0 Å². The highest BCUT2D eigenvalue weighted by molar-refractivity contribution is 7.80. The van der Waals surface area contributed by atoms with E-state index in [-0.39, 0.29) is 0 Å². The third kappa shape index (κ3) is 5.53. The van der Waals surface area contributed by atoms with Crippen molar-refractivity contribution in [3.05, 3.63) is 0 Å². The van der Waals surface area contributed by atoms with Crippen LogP contribution in [0.3, 0.4) is 0 Å². The van der Waals surface area contributed by atoms with Gasteiger partial charge in [0, 0.05) is 5.88 Å². The Bertz CT molecular complexity index is 98.1. The Morgan fingerprint density at radius 2 is 1.91 bits per heavy atom. The summed E-state index contributed by atoms with van der Waals surface area (Å²) in [6.45, 7) is 7.08. The van der Waals surface area contributed by atoms with Crippen LogP contribution in [-0.2, 0) is 4.74 Å². The lowest BCUT2D eigenvalue weighted by molar-refractivity contribution is -0.0179. The lowest BCUT2D eigenvalue weighted by Gasteiger charge is -2.20. The van der Waals surface area contributed by atoms with Gasteiger partial charge in [-0.15, -0.1) is 0 Å². The lowest BCUT2D eigenvalue weighted by atomic mass is 10.1. The minimum absolute atomic E-state index is 0.331. The summed E-state index contributed by atoms with van der Waals surface area (Å²) in [6, 6.07) is 0. The van der Waals surface area contributed by atoms with Gasteiger partial charge in [0.15, 0.2) is 0 Å². The zero-order valence-electron chi connectivity index (χ0n) is 7.87. The third-order valence-corrected chi connectivity index (χ3v) is 2.22. The Balaban J connectivity index is 3.37. The van der Waals surface area contributed by atoms with Crippen LogP contribution in [0.1, 0.15) is 20.8 Å². The maximum Gasteiger partial charge on any atom is 0.0998 e. The summed E-state index contributed by atoms with van der Waals surface area (Å²) in [5.41, 5.74) is 0. The smallest absolute Gasteiger partial charge is 0.0998 e. The van der Waals surface area contributed by atoms with E-state index in [1.165, 1.54) is 0 Å². The molecule has 0 bridgehead atoms. The fourth-order valence-electron chi connectivity index (χ4n) is 0.478. The normalized spacial score (nSPS) is 14.5. The molecule has 68 valence electrons. The molecule has 0 spiro atoms. The van der Waals surface area contributed by atoms with Crippen LogP contribution in [0.5, 0.6) is 0 Å². The van der Waals surface area contributed by atoms with E-state index in [1.807, 2.05) is 11.9 Å². The first-order valence-corrected chi connectivity index (χ1v) is 4.62. The number of nitrogens with zero attached hydrogens (tertiary/aromatic N) is 1. The van der Waals surface area contributed by atoms with Crippen LogP contribution in [0, 0.1) is 5.92 Å². The molecule has 0 aromatic rings. The van der Waals surface area contributed by atoms with Crippen LogP contribution in [-0.4, -0.2) is 30.7 Å². The van der Waals surface area contributed by atoms with E-state index >= 15 is 0 Å². The Morgan fingerprint density at radius 1 is 1.36 bits per heavy atom. The van der Waals surface area contributed by atoms with Crippen molar-refractivity contribution in [1.29, 1.82) is 0 Å². The van der Waals surface area contributed by atoms with E-state index in [1.54, 1.807) is 0 Å². The highest BCUT2D eigenvalue weighted by Gasteiger charge is 2.07. The van der Waals surface area contributed by atoms with Gasteiger partial charge < -0.3 is 4.74 Å². The summed E-state index contributed by atoms with van der Waals surface area (Å²) in [4.78, 5) is 2.02. The van der Waals surface area contributed by atoms with Crippen molar-refractivity contribution in [3.8, 4) is 0 Å². The third-order valence-electron chi connectivity index (χ3n) is 1.74. The second-order valence-corrected chi connectivity index (χ2v) is 3.53. The molecular formula is C8H19NOS. The van der Waals surface area contributed by atoms with E-state index in [0.717, 1.165) is 5.88 Å². The molecule has 0 unspecified atom stereocenters. The molecule has 0 amide bonds. The van der Waals surface area contributed by atoms with Crippen LogP contribution >= 0.6 is 12.6 Å². The standard InChI is InChI=1S/C8H19NOS/c1-7(2)8(3)10-5-9(4)6-11/h7-8,11H,5-6H2,1-4H3/t8-/m0/s1. The van der Waals surface area contributed by atoms with Crippen LogP contribution < -0.4 is 0 Å². The van der Waals surface area contributed by atoms with Gasteiger partial charge in [0.25, 0.3) is 0 Å². The van der Waals surface area contributed by atoms with Crippen LogP contribution in [0.2, 0.25) is 0 Å². The molecule has 0 aromatic heterocycles. The van der Waals surface area contributed by atoms with E-state index in [0.29, 0.717) is 18.8 Å². The molecule has 0 aliphatic heterocycles. The second kappa shape index (κ2) is 5.86. The molecule has 0 aliphatic carbocycles. The van der Waals surface area contributed by atoms with Gasteiger partial charge in [-0.25, -0.2) is 0 Å². The van der Waals surface area contributed by atoms with E-state index in [4.69, 9.17) is 4.74 Å². The van der Waals surface area contributed by atoms with Gasteiger partial charge in [0.05, 0.1) is 12.8 Å². The molecule has 0 N–H and O–H groups in total. The summed E-state index contributed by atoms with van der Waals surface area (Å²) < 4.78 is 5.53. The maximum absolute atomic E-state index is 5.53. The van der Waals surface area contributed by atoms with Crippen molar-refractivity contribution in [2.75, 3.05) is 19.7 Å². The predicted octanol–water partition coefficient (Wildman–Crippen LogP) is 1.82. The average molecular weight is 177 g/mol. The fourth-order valence-corrected chi connectivity index (χ4v) is 0.560. The fraction of sp³-hybridized carbons (Fsp3) is 1.00. The molecule has 0 fully saturated rings. The average Bonchev–Trinajstić information content (AvgIpc) is 1.99. The van der Waals surface area contributed by atoms with Crippen molar-refractivity contribution in [2.24, 2.45) is 5.92 Å². The molecule has 0 saturated heterocycles. The summed E-state index contributed by atoms with van der Waals surface area (Å²) in [5, 5.41) is 0. The van der Waals surface area contributed by atoms with Crippen LogP contribution in [0.15, 0.2) is 0 Å². The quantitative estimate of drug-likeness (QED) is 0.508. The van der Waals surface area contributed by atoms with Gasteiger partial charge in [-0.2, -0.15) is 12.6 Å². The van der Waals surface area contributed by atoms with Gasteiger partial charge >= 0.3 is 0 Å². The molecule has 2 nitrogen and oxygen atoms in total. The summed E-state index contributed by atoms with van der Waals surface area (Å²) >= 11 is 4.12. The highest BCUT2D eigenvalue weighted by Crippen LogP contribution is 2.05. The molecule has 0 radical (unpaired) electrons. The molecule has 11 heavy (non-hydrogen) atoms. The number of hydrogen-bond donors (Lipinski definition) is 1. The van der Waals surface area contributed by atoms with E-state index in [9.17, 15) is 0 Å². The molecular weight excluding hydrogens is 158 g/mol. The van der Waals surface area contributed by atoms with Crippen molar-refractivity contribution in [1.82, 2.24) is 4.90 Å². The zero-order chi connectivity index (χ0) is 8.85. The zero-order valence-corrected chi connectivity index (χ0v) is 8.77. The van der Waals surface area contributed by atoms with Crippen molar-refractivity contribution >= 4 is 12.6 Å². The highest BCUT2D eigenvalue weighted by atomic mass is 32.1. The molecule has 1 atom stereocenters. The van der Waals surface area contributed by atoms with Gasteiger partial charge in [0.2, 0.25) is 0 Å². The predicted molar refractivity (Wildman–Crippen MR) is 51.9 cm³/mol. The molecule has 0 aliphatic rings. The first kappa shape index (κ1) is 11.3. The van der Waals surface area contributed by atoms with Crippen LogP contribution in [0.25, 0.3) is 0 Å². The number of thiol groups is 1. The maximum atomic E-state index is 5.53. The minimum atomic E-state index is 0.331. The van der Waals surface area contributed by atoms with Gasteiger partial charge in [-0.3, -0.25) is 4.90 Å². The largest absolute Gasteiger partial charge is 0.363 e. The van der Waals surface area contributed by atoms with E-state index in [2.05, 4.69) is 33.4 Å². The minimum Gasteiger partial charge on any atom is -0.363 e. The van der Waals surface area contributed by atoms with E-state index < -0.39 is 0 Å². The Kier molecular flexibility index (Phi) is 6.01. The Hall–Kier alpha value is 0.270. The summed E-state index contributed by atoms with van der Waals surface area (Å²) in [6.07, 6.45) is 0.331. The van der Waals surface area contributed by atoms with Crippen molar-refractivity contribution in [2.45, 2.75) is 26.9 Å². The molecule has 3 heteroatoms. The molecule has 0 heterocycles. The summed E-state index contributed by atoms with van der Waals surface area (Å²) in [7, 11) is 1.99. The van der Waals surface area contributed by atoms with Crippen molar-refractivity contribution in [3.63, 3.8) is 0 Å². The second-order valence-electron chi connectivity index (χ2n) is 3.24. The van der Waals surface area contributed by atoms with Gasteiger partial charge in [0.1, 0.15) is 0 Å². The Morgan fingerprint density at radius 3 is 2.27 bits per heavy atom. The van der Waals surface area contributed by atoms with Gasteiger partial charge in [-0.1, -0.05) is 13.8 Å². The first-order valence-electron chi connectivity index (χ1n) is 3.99. The van der Waals surface area contributed by atoms with Crippen molar-refractivity contribution < 1.29 is 4.74 Å². The topological polar surface area (TPSA) is 12.5 Å². The monoisotopic (exact) mass is 177 g/mol.